The lowest BCUT2D eigenvalue weighted by molar-refractivity contribution is 0.669. The number of nitrogens with zero attached hydrogens (tertiary/aromatic N) is 5. The molecule has 0 aliphatic heterocycles. The van der Waals surface area contributed by atoms with Crippen molar-refractivity contribution in [1.29, 1.82) is 5.26 Å². The molecule has 0 spiro atoms. The molecule has 0 aliphatic carbocycles. The van der Waals surface area contributed by atoms with Crippen molar-refractivity contribution in [3.05, 3.63) is 205 Å². The first-order chi connectivity index (χ1) is 33.7. The van der Waals surface area contributed by atoms with Crippen LogP contribution in [0.4, 0.5) is 5.69 Å². The first kappa shape index (κ1) is 37.0. The maximum absolute atomic E-state index is 12.1. The van der Waals surface area contributed by atoms with Crippen LogP contribution in [0.25, 0.3) is 146 Å². The van der Waals surface area contributed by atoms with Gasteiger partial charge >= 0.3 is 0 Å². The summed E-state index contributed by atoms with van der Waals surface area (Å²) in [5.74, 6) is 0. The quantitative estimate of drug-likeness (QED) is 0.131. The van der Waals surface area contributed by atoms with Crippen molar-refractivity contribution in [2.75, 3.05) is 0 Å². The summed E-state index contributed by atoms with van der Waals surface area (Å²) in [6.45, 7) is 9.36. The summed E-state index contributed by atoms with van der Waals surface area (Å²) in [6, 6.07) is 63.9. The molecule has 0 bridgehead atoms. The zero-order valence-electron chi connectivity index (χ0n) is 36.0. The van der Waals surface area contributed by atoms with Gasteiger partial charge in [0.1, 0.15) is 17.2 Å². The predicted molar refractivity (Wildman–Crippen MR) is 281 cm³/mol. The maximum atomic E-state index is 12.1. The molecule has 6 nitrogen and oxygen atoms in total. The molecule has 312 valence electrons. The van der Waals surface area contributed by atoms with E-state index in [1.807, 2.05) is 60.9 Å². The lowest BCUT2D eigenvalue weighted by atomic mass is 9.88. The van der Waals surface area contributed by atoms with Gasteiger partial charge < -0.3 is 13.6 Å². The number of hydrogen-bond donors (Lipinski definition) is 0. The Balaban J connectivity index is 1.27. The number of para-hydroxylation sites is 1. The lowest BCUT2D eigenvalue weighted by Gasteiger charge is -2.26. The van der Waals surface area contributed by atoms with Crippen LogP contribution in [0.3, 0.4) is 0 Å². The van der Waals surface area contributed by atoms with E-state index in [4.69, 9.17) is 4.42 Å². The van der Waals surface area contributed by atoms with Gasteiger partial charge in [-0.3, -0.25) is 4.98 Å². The fraction of sp³-hybridized carbons (Fsp3) is 0. The van der Waals surface area contributed by atoms with Crippen LogP contribution in [0, 0.1) is 17.9 Å². The van der Waals surface area contributed by atoms with E-state index in [1.54, 1.807) is 11.3 Å². The number of thiophene rings is 1. The Morgan fingerprint density at radius 2 is 1.13 bits per heavy atom. The highest BCUT2D eigenvalue weighted by Gasteiger charge is 2.33. The van der Waals surface area contributed by atoms with E-state index in [9.17, 15) is 11.8 Å². The molecule has 10 aromatic carbocycles. The molecule has 0 amide bonds. The second kappa shape index (κ2) is 13.6. The van der Waals surface area contributed by atoms with Crippen molar-refractivity contribution in [2.45, 2.75) is 0 Å². The summed E-state index contributed by atoms with van der Waals surface area (Å²) in [5.41, 5.74) is 10.7. The normalized spacial score (nSPS) is 12.1. The van der Waals surface area contributed by atoms with E-state index in [0.717, 1.165) is 114 Å². The zero-order valence-corrected chi connectivity index (χ0v) is 36.8. The van der Waals surface area contributed by atoms with Gasteiger partial charge in [0.25, 0.3) is 0 Å². The van der Waals surface area contributed by atoms with Gasteiger partial charge in [-0.1, -0.05) is 133 Å². The van der Waals surface area contributed by atoms with Crippen LogP contribution < -0.4 is 0 Å². The third-order valence-electron chi connectivity index (χ3n) is 14.2. The van der Waals surface area contributed by atoms with Crippen LogP contribution >= 0.6 is 11.3 Å². The molecular weight excluding hydrogens is 851 g/mol. The molecule has 15 rings (SSSR count). The smallest absolute Gasteiger partial charge is 0.220 e. The maximum Gasteiger partial charge on any atom is 0.220 e. The Hall–Kier alpha value is -9.27. The minimum Gasteiger partial charge on any atom is -0.456 e. The number of rotatable bonds is 4. The average Bonchev–Trinajstić information content (AvgIpc) is 4.16. The molecule has 0 fully saturated rings. The van der Waals surface area contributed by atoms with E-state index in [1.165, 1.54) is 10.1 Å². The molecule has 0 N–H and O–H groups in total. The summed E-state index contributed by atoms with van der Waals surface area (Å²) in [6.07, 6.45) is 3.83. The van der Waals surface area contributed by atoms with Crippen molar-refractivity contribution in [2.24, 2.45) is 0 Å². The minimum atomic E-state index is 0.398. The molecule has 0 radical (unpaired) electrons. The number of aromatic nitrogens is 3. The molecular formula is C61H31N5OS. The fourth-order valence-corrected chi connectivity index (χ4v) is 12.8. The Labute approximate surface area is 391 Å². The van der Waals surface area contributed by atoms with E-state index in [2.05, 4.69) is 152 Å². The summed E-state index contributed by atoms with van der Waals surface area (Å²) in [7, 11) is 0. The van der Waals surface area contributed by atoms with Crippen LogP contribution in [0.15, 0.2) is 193 Å². The van der Waals surface area contributed by atoms with Gasteiger partial charge in [0.05, 0.1) is 55.7 Å². The second-order valence-electron chi connectivity index (χ2n) is 17.5. The summed E-state index contributed by atoms with van der Waals surface area (Å²) in [5, 5.41) is 25.1. The van der Waals surface area contributed by atoms with Crippen LogP contribution in [-0.4, -0.2) is 14.1 Å². The largest absolute Gasteiger partial charge is 0.456 e. The van der Waals surface area contributed by atoms with E-state index < -0.39 is 0 Å². The van der Waals surface area contributed by atoms with Gasteiger partial charge in [-0.15, -0.1) is 11.3 Å². The number of hydrogen-bond acceptors (Lipinski definition) is 4. The average molecular weight is 882 g/mol. The molecule has 0 aliphatic rings. The van der Waals surface area contributed by atoms with Crippen molar-refractivity contribution in [3.8, 4) is 39.7 Å². The molecule has 5 aromatic heterocycles. The van der Waals surface area contributed by atoms with Crippen LogP contribution in [0.2, 0.25) is 0 Å². The molecule has 0 saturated carbocycles. The topological polar surface area (TPSA) is 64.0 Å². The van der Waals surface area contributed by atoms with Crippen LogP contribution in [-0.2, 0) is 0 Å². The second-order valence-corrected chi connectivity index (χ2v) is 18.5. The molecule has 0 unspecified atom stereocenters. The van der Waals surface area contributed by atoms with Gasteiger partial charge in [0.15, 0.2) is 0 Å². The fourth-order valence-electron chi connectivity index (χ4n) is 11.6. The van der Waals surface area contributed by atoms with Gasteiger partial charge in [-0.2, -0.15) is 5.26 Å². The monoisotopic (exact) mass is 881 g/mol. The summed E-state index contributed by atoms with van der Waals surface area (Å²) in [4.78, 5) is 9.17. The molecule has 68 heavy (non-hydrogen) atoms. The SMILES string of the molecule is [C-]#[N+]c1c(-c2ccccc2)c(C#N)c(-n2c3c(ccc4c5ccccc5sc43)c3ccc4oc5ccccc5c4c32)c(-c2ccccc2)c1-n1c2cccc3c4ccncc4c4cccc1c4c32. The number of furan rings is 1. The highest BCUT2D eigenvalue weighted by atomic mass is 32.1. The molecule has 0 atom stereocenters. The zero-order chi connectivity index (χ0) is 44.8. The Morgan fingerprint density at radius 3 is 1.88 bits per heavy atom. The van der Waals surface area contributed by atoms with Gasteiger partial charge in [-0.05, 0) is 69.8 Å². The standard InChI is InChI=1S/C61H31N5OS/c1-63-56-51(34-14-4-2-5-15-34)44(32-62)58(52(35-16-6-3-7-17-35)60(56)65-46-22-12-20-38-36-30-31-64-33-45(36)39-21-13-23-47(65)54(39)53(38)46)66-57-40(28-29-49-55(57)43-19-8-10-24-48(43)67-49)41-26-27-42-37-18-9-11-25-50(37)68-61(42)59(41)66/h2-31,33H. The molecule has 15 aromatic rings. The van der Waals surface area contributed by atoms with E-state index in [0.29, 0.717) is 28.2 Å². The highest BCUT2D eigenvalue weighted by Crippen LogP contribution is 2.55. The first-order valence-electron chi connectivity index (χ1n) is 22.5. The van der Waals surface area contributed by atoms with Gasteiger partial charge in [0.2, 0.25) is 5.69 Å². The van der Waals surface area contributed by atoms with Gasteiger partial charge in [0, 0.05) is 71.3 Å². The predicted octanol–water partition coefficient (Wildman–Crippen LogP) is 17.0. The minimum absolute atomic E-state index is 0.398. The van der Waals surface area contributed by atoms with E-state index >= 15 is 0 Å². The van der Waals surface area contributed by atoms with Crippen molar-refractivity contribution < 1.29 is 4.42 Å². The van der Waals surface area contributed by atoms with Gasteiger partial charge in [-0.25, -0.2) is 4.85 Å². The number of fused-ring (bicyclic) bond motifs is 14. The van der Waals surface area contributed by atoms with Crippen molar-refractivity contribution in [3.63, 3.8) is 0 Å². The first-order valence-corrected chi connectivity index (χ1v) is 23.4. The molecule has 0 saturated heterocycles. The molecule has 5 heterocycles. The summed E-state index contributed by atoms with van der Waals surface area (Å²) < 4.78 is 13.7. The summed E-state index contributed by atoms with van der Waals surface area (Å²) >= 11 is 1.77. The molecule has 7 heteroatoms. The highest BCUT2D eigenvalue weighted by molar-refractivity contribution is 7.26. The van der Waals surface area contributed by atoms with Crippen LogP contribution in [0.5, 0.6) is 0 Å². The Bertz CT molecular complexity index is 4660. The third-order valence-corrected chi connectivity index (χ3v) is 15.4. The van der Waals surface area contributed by atoms with E-state index in [-0.39, 0.29) is 0 Å². The Morgan fingerprint density at radius 1 is 0.500 bits per heavy atom. The Kier molecular flexibility index (Phi) is 7.42. The number of benzene rings is 10. The van der Waals surface area contributed by atoms with Crippen molar-refractivity contribution >= 4 is 124 Å². The number of pyridine rings is 1. The third kappa shape index (κ3) is 4.69. The number of nitriles is 1. The van der Waals surface area contributed by atoms with Crippen LogP contribution in [0.1, 0.15) is 5.56 Å². The van der Waals surface area contributed by atoms with Crippen molar-refractivity contribution in [1.82, 2.24) is 14.1 Å². The lowest BCUT2D eigenvalue weighted by Crippen LogP contribution is -2.09.